The summed E-state index contributed by atoms with van der Waals surface area (Å²) in [6.45, 7) is 5.24. The number of carbonyl (C=O) groups excluding carboxylic acids is 3. The second-order valence-electron chi connectivity index (χ2n) is 6.08. The van der Waals surface area contributed by atoms with E-state index in [-0.39, 0.29) is 11.3 Å². The number of ether oxygens (including phenoxy) is 1. The first-order chi connectivity index (χ1) is 11.3. The minimum atomic E-state index is -0.704. The highest BCUT2D eigenvalue weighted by atomic mass is 16.6. The summed E-state index contributed by atoms with van der Waals surface area (Å²) in [4.78, 5) is 40.1. The van der Waals surface area contributed by atoms with Crippen LogP contribution in [0.2, 0.25) is 0 Å². The van der Waals surface area contributed by atoms with Crippen molar-refractivity contribution < 1.29 is 19.1 Å². The maximum Gasteiger partial charge on any atom is 0.412 e. The highest BCUT2D eigenvalue weighted by Gasteiger charge is 2.20. The van der Waals surface area contributed by atoms with Crippen LogP contribution in [0.25, 0.3) is 0 Å². The van der Waals surface area contributed by atoms with Crippen molar-refractivity contribution in [1.29, 1.82) is 0 Å². The molecule has 0 aliphatic carbocycles. The average Bonchev–Trinajstić information content (AvgIpc) is 2.52. The zero-order chi connectivity index (χ0) is 17.7. The predicted octanol–water partition coefficient (Wildman–Crippen LogP) is 3.49. The summed E-state index contributed by atoms with van der Waals surface area (Å²) >= 11 is 0. The van der Waals surface area contributed by atoms with Crippen LogP contribution in [0.15, 0.2) is 48.7 Å². The van der Waals surface area contributed by atoms with Crippen LogP contribution in [0, 0.1) is 0 Å². The minimum Gasteiger partial charge on any atom is -0.444 e. The maximum atomic E-state index is 12.3. The SMILES string of the molecule is CC(C)(C)OC(=O)Nc1cccc(C(=O)C(=O)c2ccccn2)c1. The molecule has 0 aliphatic heterocycles. The zero-order valence-electron chi connectivity index (χ0n) is 13.7. The molecule has 1 heterocycles. The molecule has 0 saturated carbocycles. The molecule has 0 unspecified atom stereocenters. The molecular weight excluding hydrogens is 308 g/mol. The molecule has 1 aromatic heterocycles. The first kappa shape index (κ1) is 17.3. The normalized spacial score (nSPS) is 10.8. The third-order valence-electron chi connectivity index (χ3n) is 2.87. The Morgan fingerprint density at radius 3 is 2.38 bits per heavy atom. The van der Waals surface area contributed by atoms with Gasteiger partial charge in [0.2, 0.25) is 5.78 Å². The molecule has 2 rings (SSSR count). The van der Waals surface area contributed by atoms with Gasteiger partial charge in [-0.05, 0) is 45.0 Å². The second-order valence-corrected chi connectivity index (χ2v) is 6.08. The number of hydrogen-bond acceptors (Lipinski definition) is 5. The van der Waals surface area contributed by atoms with E-state index >= 15 is 0 Å². The number of anilines is 1. The molecule has 0 atom stereocenters. The van der Waals surface area contributed by atoms with E-state index in [1.807, 2.05) is 0 Å². The van der Waals surface area contributed by atoms with Gasteiger partial charge in [-0.25, -0.2) is 4.79 Å². The van der Waals surface area contributed by atoms with E-state index < -0.39 is 23.3 Å². The molecule has 6 heteroatoms. The molecule has 24 heavy (non-hydrogen) atoms. The van der Waals surface area contributed by atoms with Crippen molar-refractivity contribution in [3.63, 3.8) is 0 Å². The van der Waals surface area contributed by atoms with Crippen molar-refractivity contribution in [3.8, 4) is 0 Å². The Balaban J connectivity index is 2.14. The number of pyridine rings is 1. The third-order valence-corrected chi connectivity index (χ3v) is 2.87. The lowest BCUT2D eigenvalue weighted by molar-refractivity contribution is 0.0635. The summed E-state index contributed by atoms with van der Waals surface area (Å²) in [6, 6.07) is 10.9. The van der Waals surface area contributed by atoms with E-state index in [4.69, 9.17) is 4.74 Å². The van der Waals surface area contributed by atoms with Gasteiger partial charge in [0, 0.05) is 17.4 Å². The molecule has 6 nitrogen and oxygen atoms in total. The van der Waals surface area contributed by atoms with E-state index in [0.717, 1.165) is 0 Å². The molecule has 0 aliphatic rings. The Morgan fingerprint density at radius 1 is 1.00 bits per heavy atom. The van der Waals surface area contributed by atoms with Crippen LogP contribution >= 0.6 is 0 Å². The van der Waals surface area contributed by atoms with Crippen molar-refractivity contribution in [3.05, 3.63) is 59.9 Å². The Hall–Kier alpha value is -3.02. The predicted molar refractivity (Wildman–Crippen MR) is 89.2 cm³/mol. The van der Waals surface area contributed by atoms with Gasteiger partial charge in [-0.1, -0.05) is 18.2 Å². The van der Waals surface area contributed by atoms with Crippen molar-refractivity contribution >= 4 is 23.3 Å². The van der Waals surface area contributed by atoms with Gasteiger partial charge in [0.05, 0.1) is 0 Å². The van der Waals surface area contributed by atoms with E-state index in [9.17, 15) is 14.4 Å². The van der Waals surface area contributed by atoms with E-state index in [0.29, 0.717) is 5.69 Å². The quantitative estimate of drug-likeness (QED) is 0.686. The van der Waals surface area contributed by atoms with Crippen molar-refractivity contribution in [2.24, 2.45) is 0 Å². The first-order valence-corrected chi connectivity index (χ1v) is 7.36. The molecule has 1 N–H and O–H groups in total. The number of carbonyl (C=O) groups is 3. The number of aromatic nitrogens is 1. The third kappa shape index (κ3) is 4.74. The van der Waals surface area contributed by atoms with Gasteiger partial charge in [-0.15, -0.1) is 0 Å². The number of benzene rings is 1. The molecule has 2 aromatic rings. The molecule has 0 spiro atoms. The largest absolute Gasteiger partial charge is 0.444 e. The van der Waals surface area contributed by atoms with Gasteiger partial charge in [0.1, 0.15) is 11.3 Å². The Kier molecular flexibility index (Phi) is 5.08. The fraction of sp³-hybridized carbons (Fsp3) is 0.222. The summed E-state index contributed by atoms with van der Waals surface area (Å²) in [5, 5.41) is 2.53. The standard InChI is InChI=1S/C18H18N2O4/c1-18(2,3)24-17(23)20-13-8-6-7-12(11-13)15(21)16(22)14-9-4-5-10-19-14/h4-11H,1-3H3,(H,20,23). The summed E-state index contributed by atoms with van der Waals surface area (Å²) < 4.78 is 5.15. The fourth-order valence-electron chi connectivity index (χ4n) is 1.90. The molecule has 0 saturated heterocycles. The van der Waals surface area contributed by atoms with Gasteiger partial charge in [-0.2, -0.15) is 0 Å². The number of rotatable bonds is 4. The van der Waals surface area contributed by atoms with E-state index in [2.05, 4.69) is 10.3 Å². The number of Topliss-reactive ketones (excluding diaryl/α,β-unsaturated/α-hetero) is 2. The lowest BCUT2D eigenvalue weighted by Gasteiger charge is -2.19. The van der Waals surface area contributed by atoms with Crippen molar-refractivity contribution in [2.75, 3.05) is 5.32 Å². The highest BCUT2D eigenvalue weighted by Crippen LogP contribution is 2.15. The molecule has 0 radical (unpaired) electrons. The van der Waals surface area contributed by atoms with E-state index in [1.165, 1.54) is 24.4 Å². The summed E-state index contributed by atoms with van der Waals surface area (Å²) in [6.07, 6.45) is 0.809. The van der Waals surface area contributed by atoms with Crippen molar-refractivity contribution in [1.82, 2.24) is 4.98 Å². The van der Waals surface area contributed by atoms with Gasteiger partial charge < -0.3 is 4.74 Å². The smallest absolute Gasteiger partial charge is 0.412 e. The van der Waals surface area contributed by atoms with Crippen LogP contribution in [-0.2, 0) is 4.74 Å². The van der Waals surface area contributed by atoms with Crippen LogP contribution in [0.3, 0.4) is 0 Å². The zero-order valence-corrected chi connectivity index (χ0v) is 13.7. The lowest BCUT2D eigenvalue weighted by atomic mass is 10.0. The summed E-state index contributed by atoms with van der Waals surface area (Å²) in [7, 11) is 0. The number of nitrogens with one attached hydrogen (secondary N) is 1. The molecule has 0 fully saturated rings. The number of ketones is 2. The Labute approximate surface area is 139 Å². The van der Waals surface area contributed by atoms with Crippen LogP contribution in [-0.4, -0.2) is 28.2 Å². The average molecular weight is 326 g/mol. The van der Waals surface area contributed by atoms with Crippen LogP contribution < -0.4 is 5.32 Å². The number of nitrogens with zero attached hydrogens (tertiary/aromatic N) is 1. The number of hydrogen-bond donors (Lipinski definition) is 1. The van der Waals surface area contributed by atoms with Gasteiger partial charge >= 0.3 is 6.09 Å². The molecule has 1 aromatic carbocycles. The topological polar surface area (TPSA) is 85.4 Å². The Bertz CT molecular complexity index is 764. The lowest BCUT2D eigenvalue weighted by Crippen LogP contribution is -2.27. The summed E-state index contributed by atoms with van der Waals surface area (Å²) in [5.41, 5.74) is -0.0249. The Morgan fingerprint density at radius 2 is 1.75 bits per heavy atom. The monoisotopic (exact) mass is 326 g/mol. The summed E-state index contributed by atoms with van der Waals surface area (Å²) in [5.74, 6) is -1.40. The maximum absolute atomic E-state index is 12.3. The molecule has 0 bridgehead atoms. The van der Waals surface area contributed by atoms with Crippen molar-refractivity contribution in [2.45, 2.75) is 26.4 Å². The minimum absolute atomic E-state index is 0.0769. The highest BCUT2D eigenvalue weighted by molar-refractivity contribution is 6.48. The number of amides is 1. The van der Waals surface area contributed by atoms with E-state index in [1.54, 1.807) is 45.0 Å². The first-order valence-electron chi connectivity index (χ1n) is 7.36. The van der Waals surface area contributed by atoms with Crippen LogP contribution in [0.1, 0.15) is 41.6 Å². The van der Waals surface area contributed by atoms with Gasteiger partial charge in [-0.3, -0.25) is 19.9 Å². The second kappa shape index (κ2) is 7.04. The van der Waals surface area contributed by atoms with Crippen LogP contribution in [0.5, 0.6) is 0 Å². The molecular formula is C18H18N2O4. The molecule has 1 amide bonds. The van der Waals surface area contributed by atoms with Gasteiger partial charge in [0.15, 0.2) is 0 Å². The molecule has 124 valence electrons. The fourth-order valence-corrected chi connectivity index (χ4v) is 1.90. The van der Waals surface area contributed by atoms with Crippen LogP contribution in [0.4, 0.5) is 10.5 Å². The van der Waals surface area contributed by atoms with Gasteiger partial charge in [0.25, 0.3) is 5.78 Å².